The fourth-order valence-electron chi connectivity index (χ4n) is 8.14. The van der Waals surface area contributed by atoms with Crippen LogP contribution in [0.4, 0.5) is 0 Å². The molecular formula is C34H64N4O2S2+2. The topological polar surface area (TPSA) is 70.5 Å². The van der Waals surface area contributed by atoms with Crippen molar-refractivity contribution in [2.75, 3.05) is 50.9 Å². The van der Waals surface area contributed by atoms with Crippen molar-refractivity contribution in [2.24, 2.45) is 11.8 Å². The van der Waals surface area contributed by atoms with Crippen LogP contribution in [0.25, 0.3) is 0 Å². The molecule has 0 amide bonds. The van der Waals surface area contributed by atoms with Gasteiger partial charge in [0.05, 0.1) is 0 Å². The summed E-state index contributed by atoms with van der Waals surface area (Å²) in [6, 6.07) is 2.82. The Morgan fingerprint density at radius 1 is 0.571 bits per heavy atom. The minimum Gasteiger partial charge on any atom is -0.390 e. The Labute approximate surface area is 265 Å². The molecule has 0 saturated heterocycles. The van der Waals surface area contributed by atoms with E-state index in [4.69, 9.17) is 0 Å². The predicted molar refractivity (Wildman–Crippen MR) is 183 cm³/mol. The van der Waals surface area contributed by atoms with Gasteiger partial charge in [-0.2, -0.15) is 0 Å². The van der Waals surface area contributed by atoms with Gasteiger partial charge in [-0.1, -0.05) is 21.6 Å². The second-order valence-electron chi connectivity index (χ2n) is 13.6. The summed E-state index contributed by atoms with van der Waals surface area (Å²) < 4.78 is 4.86. The third-order valence-electron chi connectivity index (χ3n) is 10.7. The summed E-state index contributed by atoms with van der Waals surface area (Å²) in [5.41, 5.74) is 0. The summed E-state index contributed by atoms with van der Waals surface area (Å²) >= 11 is 0. The second-order valence-corrected chi connectivity index (χ2v) is 16.3. The number of nitrogens with one attached hydrogen (secondary N) is 2. The normalized spacial score (nSPS) is 30.6. The van der Waals surface area contributed by atoms with Gasteiger partial charge in [0.2, 0.25) is 0 Å². The van der Waals surface area contributed by atoms with Gasteiger partial charge >= 0.3 is 0 Å². The predicted octanol–water partition coefficient (Wildman–Crippen LogP) is 5.48. The van der Waals surface area contributed by atoms with Crippen molar-refractivity contribution >= 4 is 34.0 Å². The summed E-state index contributed by atoms with van der Waals surface area (Å²) in [6.07, 6.45) is 28.7. The van der Waals surface area contributed by atoms with E-state index >= 15 is 0 Å². The maximum atomic E-state index is 9.36. The first kappa shape index (κ1) is 34.7. The zero-order valence-corrected chi connectivity index (χ0v) is 28.2. The number of aliphatic hydroxyl groups excluding tert-OH is 2. The molecule has 4 N–H and O–H groups in total. The molecule has 8 heteroatoms. The Morgan fingerprint density at radius 2 is 1.00 bits per heavy atom. The van der Waals surface area contributed by atoms with Crippen LogP contribution >= 0.6 is 21.6 Å². The van der Waals surface area contributed by atoms with Gasteiger partial charge in [-0.25, -0.2) is 9.15 Å². The van der Waals surface area contributed by atoms with E-state index in [2.05, 4.69) is 32.2 Å². The van der Waals surface area contributed by atoms with Gasteiger partial charge in [-0.05, 0) is 88.9 Å². The maximum Gasteiger partial charge on any atom is 0.165 e. The molecule has 2 atom stereocenters. The van der Waals surface area contributed by atoms with Crippen LogP contribution < -0.4 is 10.6 Å². The lowest BCUT2D eigenvalue weighted by atomic mass is 9.82. The molecule has 0 aromatic carbocycles. The number of aliphatic hydroxyl groups is 2. The van der Waals surface area contributed by atoms with Crippen LogP contribution in [0.1, 0.15) is 116 Å². The summed E-state index contributed by atoms with van der Waals surface area (Å²) in [7, 11) is 4.10. The zero-order valence-electron chi connectivity index (χ0n) is 26.6. The summed E-state index contributed by atoms with van der Waals surface area (Å²) in [4.78, 5) is 0. The molecule has 4 aliphatic rings. The molecule has 2 aliphatic carbocycles. The highest BCUT2D eigenvalue weighted by molar-refractivity contribution is 8.76. The summed E-state index contributed by atoms with van der Waals surface area (Å²) in [6.45, 7) is 4.51. The lowest BCUT2D eigenvalue weighted by molar-refractivity contribution is -0.570. The van der Waals surface area contributed by atoms with Gasteiger partial charge in [-0.15, -0.1) is 0 Å². The molecule has 0 bridgehead atoms. The van der Waals surface area contributed by atoms with Crippen LogP contribution in [0.2, 0.25) is 0 Å². The quantitative estimate of drug-likeness (QED) is 0.0867. The Bertz CT molecular complexity index is 718. The molecule has 2 heterocycles. The van der Waals surface area contributed by atoms with E-state index in [1.54, 1.807) is 0 Å². The van der Waals surface area contributed by atoms with Crippen molar-refractivity contribution in [2.45, 2.75) is 140 Å². The minimum atomic E-state index is 0.283. The summed E-state index contributed by atoms with van der Waals surface area (Å²) in [5.74, 6) is 4.25. The highest BCUT2D eigenvalue weighted by Crippen LogP contribution is 2.31. The van der Waals surface area contributed by atoms with Crippen molar-refractivity contribution in [1.82, 2.24) is 10.6 Å². The smallest absolute Gasteiger partial charge is 0.165 e. The zero-order chi connectivity index (χ0) is 29.2. The van der Waals surface area contributed by atoms with E-state index in [-0.39, 0.29) is 13.2 Å². The summed E-state index contributed by atoms with van der Waals surface area (Å²) in [5, 5.41) is 26.4. The van der Waals surface area contributed by atoms with Crippen LogP contribution in [0.5, 0.6) is 0 Å². The molecule has 0 aromatic rings. The third kappa shape index (κ3) is 12.7. The van der Waals surface area contributed by atoms with Crippen molar-refractivity contribution in [3.63, 3.8) is 0 Å². The number of β-amino-alcohol motifs (C(OH)–C–C–N with tert-alkyl or cyclic N) is 2. The largest absolute Gasteiger partial charge is 0.390 e. The molecule has 4 rings (SSSR count). The average Bonchev–Trinajstić information content (AvgIpc) is 3.03. The van der Waals surface area contributed by atoms with Gasteiger partial charge < -0.3 is 20.8 Å². The van der Waals surface area contributed by atoms with Crippen molar-refractivity contribution in [3.05, 3.63) is 0 Å². The van der Waals surface area contributed by atoms with Crippen LogP contribution in [0.15, 0.2) is 0 Å². The van der Waals surface area contributed by atoms with Crippen molar-refractivity contribution in [1.29, 1.82) is 0 Å². The lowest BCUT2D eigenvalue weighted by Gasteiger charge is -2.30. The molecule has 0 radical (unpaired) electrons. The second kappa shape index (κ2) is 20.8. The third-order valence-corrected chi connectivity index (χ3v) is 13.1. The SMILES string of the molecule is OCC[N+]1=CCCCC1CCC1CCC(NCCSSCCNC2CCC(CCC3CCCC=[N+]3CCO)CC2)CC1. The Kier molecular flexibility index (Phi) is 17.2. The van der Waals surface area contributed by atoms with E-state index in [9.17, 15) is 10.2 Å². The minimum absolute atomic E-state index is 0.283. The molecule has 0 spiro atoms. The fourth-order valence-corrected chi connectivity index (χ4v) is 9.99. The first-order valence-corrected chi connectivity index (χ1v) is 20.3. The van der Waals surface area contributed by atoms with Crippen LogP contribution in [-0.4, -0.2) is 107 Å². The molecule has 0 aromatic heterocycles. The maximum absolute atomic E-state index is 9.36. The molecule has 6 nitrogen and oxygen atoms in total. The molecule has 42 heavy (non-hydrogen) atoms. The number of hydrogen-bond acceptors (Lipinski definition) is 6. The van der Waals surface area contributed by atoms with Gasteiger partial charge in [0, 0.05) is 75.2 Å². The van der Waals surface area contributed by atoms with Gasteiger partial charge in [0.15, 0.2) is 25.2 Å². The Balaban J connectivity index is 0.936. The monoisotopic (exact) mass is 624 g/mol. The van der Waals surface area contributed by atoms with Gasteiger partial charge in [-0.3, -0.25) is 0 Å². The van der Waals surface area contributed by atoms with Crippen LogP contribution in [0.3, 0.4) is 0 Å². The Morgan fingerprint density at radius 3 is 1.40 bits per heavy atom. The van der Waals surface area contributed by atoms with Gasteiger partial charge in [0.25, 0.3) is 0 Å². The molecule has 242 valence electrons. The molecule has 2 saturated carbocycles. The van der Waals surface area contributed by atoms with E-state index in [0.717, 1.165) is 50.1 Å². The fraction of sp³-hybridized carbons (Fsp3) is 0.941. The van der Waals surface area contributed by atoms with E-state index in [1.807, 2.05) is 21.6 Å². The molecule has 2 fully saturated rings. The Hall–Kier alpha value is -0.120. The highest BCUT2D eigenvalue weighted by Gasteiger charge is 2.28. The highest BCUT2D eigenvalue weighted by atomic mass is 33.1. The molecule has 2 unspecified atom stereocenters. The number of rotatable bonds is 19. The van der Waals surface area contributed by atoms with Crippen molar-refractivity contribution < 1.29 is 19.4 Å². The first-order valence-electron chi connectivity index (χ1n) is 17.9. The molecule has 2 aliphatic heterocycles. The number of nitrogens with zero attached hydrogens (tertiary/aromatic N) is 2. The standard InChI is InChI=1S/C34H64N4O2S2/c39-25-23-37-21-3-1-5-33(37)17-11-29-7-13-31(14-8-29)35-19-27-41-42-28-20-36-32-15-9-30(10-16-32)12-18-34-6-2-4-22-38(34)24-26-40/h21-22,29-36,39-40H,1-20,23-28H2/q+2. The average molecular weight is 625 g/mol. The van der Waals surface area contributed by atoms with Crippen LogP contribution in [-0.2, 0) is 0 Å². The van der Waals surface area contributed by atoms with E-state index in [0.29, 0.717) is 12.1 Å². The van der Waals surface area contributed by atoms with Crippen molar-refractivity contribution in [3.8, 4) is 0 Å². The van der Waals surface area contributed by atoms with E-state index in [1.165, 1.54) is 127 Å². The molecular weight excluding hydrogens is 561 g/mol. The first-order chi connectivity index (χ1) is 20.7. The number of hydrogen-bond donors (Lipinski definition) is 4. The van der Waals surface area contributed by atoms with Crippen LogP contribution in [0, 0.1) is 11.8 Å². The lowest BCUT2D eigenvalue weighted by Crippen LogP contribution is -2.36. The van der Waals surface area contributed by atoms with E-state index < -0.39 is 0 Å². The van der Waals surface area contributed by atoms with Gasteiger partial charge in [0.1, 0.15) is 25.6 Å².